The molecule has 1 nitrogen and oxygen atoms in total. The number of unbranched alkanes of at least 4 members (excludes halogenated alkanes) is 30. The summed E-state index contributed by atoms with van der Waals surface area (Å²) in [4.78, 5) is 0. The van der Waals surface area contributed by atoms with Gasteiger partial charge in [0.2, 0.25) is 0 Å². The van der Waals surface area contributed by atoms with E-state index in [-0.39, 0.29) is 12.4 Å². The first-order valence-corrected chi connectivity index (χ1v) is 20.3. The molecule has 0 saturated heterocycles. The number of thiol groups is 1. The monoisotopic (exact) mass is 632 g/mol. The average molecular weight is 633 g/mol. The van der Waals surface area contributed by atoms with Crippen molar-refractivity contribution in [2.75, 3.05) is 32.4 Å². The summed E-state index contributed by atoms with van der Waals surface area (Å²) < 4.78 is 1.26. The van der Waals surface area contributed by atoms with E-state index in [0.717, 1.165) is 5.75 Å². The van der Waals surface area contributed by atoms with E-state index in [2.05, 4.69) is 33.5 Å². The minimum Gasteiger partial charge on any atom is -1.00 e. The van der Waals surface area contributed by atoms with Gasteiger partial charge in [-0.1, -0.05) is 194 Å². The molecule has 0 aliphatic heterocycles. The minimum absolute atomic E-state index is 0. The molecular weight excluding hydrogens is 550 g/mol. The molecule has 0 unspecified atom stereocenters. The second kappa shape index (κ2) is 37.8. The highest BCUT2D eigenvalue weighted by molar-refractivity contribution is 7.80. The predicted octanol–water partition coefficient (Wildman–Crippen LogP) is 10.9. The predicted molar refractivity (Wildman–Crippen MR) is 194 cm³/mol. The Bertz CT molecular complexity index is 435. The number of rotatable bonds is 36. The maximum Gasteiger partial charge on any atom is 0.0874 e. The van der Waals surface area contributed by atoms with Crippen molar-refractivity contribution in [2.45, 2.75) is 219 Å². The van der Waals surface area contributed by atoms with Gasteiger partial charge in [-0.25, -0.2) is 0 Å². The molecule has 0 fully saturated rings. The molecule has 0 aliphatic rings. The van der Waals surface area contributed by atoms with E-state index < -0.39 is 0 Å². The van der Waals surface area contributed by atoms with E-state index >= 15 is 0 Å². The SMILES string of the molecule is CCCCCCCCCCCCCCCCCC[N+](C)(CCS)CCCCCCCCCCCCCCCCCC.[Cl-]. The van der Waals surface area contributed by atoms with Crippen molar-refractivity contribution in [1.29, 1.82) is 0 Å². The molecule has 0 heterocycles. The minimum atomic E-state index is 0. The Balaban J connectivity index is 0. The summed E-state index contributed by atoms with van der Waals surface area (Å²) in [5.41, 5.74) is 0. The second-order valence-corrected chi connectivity index (χ2v) is 14.6. The number of nitrogens with zero attached hydrogens (tertiary/aromatic N) is 1. The van der Waals surface area contributed by atoms with Crippen molar-refractivity contribution in [3.8, 4) is 0 Å². The lowest BCUT2D eigenvalue weighted by atomic mass is 10.0. The van der Waals surface area contributed by atoms with Gasteiger partial charge in [0, 0.05) is 5.75 Å². The fourth-order valence-corrected chi connectivity index (χ4v) is 7.14. The number of hydrogen-bond acceptors (Lipinski definition) is 1. The third-order valence-corrected chi connectivity index (χ3v) is 9.94. The molecule has 0 aliphatic carbocycles. The first kappa shape index (κ1) is 44.7. The maximum atomic E-state index is 4.61. The van der Waals surface area contributed by atoms with E-state index in [4.69, 9.17) is 0 Å². The van der Waals surface area contributed by atoms with Crippen molar-refractivity contribution >= 4 is 12.6 Å². The Morgan fingerprint density at radius 3 is 0.690 bits per heavy atom. The fraction of sp³-hybridized carbons (Fsp3) is 1.00. The Morgan fingerprint density at radius 1 is 0.310 bits per heavy atom. The maximum absolute atomic E-state index is 4.61. The van der Waals surface area contributed by atoms with Crippen LogP contribution in [-0.2, 0) is 0 Å². The van der Waals surface area contributed by atoms with Crippen LogP contribution in [0.25, 0.3) is 0 Å². The molecule has 0 atom stereocenters. The van der Waals surface area contributed by atoms with Gasteiger partial charge in [0.05, 0.1) is 26.7 Å². The van der Waals surface area contributed by atoms with Gasteiger partial charge >= 0.3 is 0 Å². The molecule has 256 valence electrons. The van der Waals surface area contributed by atoms with Crippen molar-refractivity contribution in [3.63, 3.8) is 0 Å². The van der Waals surface area contributed by atoms with Crippen LogP contribution in [0.15, 0.2) is 0 Å². The zero-order chi connectivity index (χ0) is 30.0. The molecule has 0 spiro atoms. The van der Waals surface area contributed by atoms with E-state index in [0.29, 0.717) is 0 Å². The molecule has 0 amide bonds. The molecule has 0 rings (SSSR count). The summed E-state index contributed by atoms with van der Waals surface area (Å²) in [6.07, 6.45) is 46.7. The molecule has 0 bridgehead atoms. The Hall–Kier alpha value is 0.600. The smallest absolute Gasteiger partial charge is 0.0874 e. The van der Waals surface area contributed by atoms with Crippen LogP contribution in [0.2, 0.25) is 0 Å². The van der Waals surface area contributed by atoms with Gasteiger partial charge in [0.1, 0.15) is 0 Å². The van der Waals surface area contributed by atoms with Crippen molar-refractivity contribution in [2.24, 2.45) is 0 Å². The number of halogens is 1. The highest BCUT2D eigenvalue weighted by Crippen LogP contribution is 2.17. The van der Waals surface area contributed by atoms with Gasteiger partial charge in [0.25, 0.3) is 0 Å². The standard InChI is InChI=1S/C39H81NS.ClH/c1-4-6-8-10-12-14-16-18-20-22-24-26-28-30-32-34-36-40(3,38-39-41)37-35-33-31-29-27-25-23-21-19-17-15-13-11-9-7-5-2;/h4-39H2,1-3H3;1H. The molecule has 42 heavy (non-hydrogen) atoms. The van der Waals surface area contributed by atoms with Crippen LogP contribution in [0.3, 0.4) is 0 Å². The second-order valence-electron chi connectivity index (χ2n) is 14.1. The van der Waals surface area contributed by atoms with Crippen molar-refractivity contribution in [1.82, 2.24) is 0 Å². The Labute approximate surface area is 280 Å². The highest BCUT2D eigenvalue weighted by atomic mass is 35.5. The molecule has 0 aromatic carbocycles. The van der Waals surface area contributed by atoms with Crippen LogP contribution in [0, 0.1) is 0 Å². The third kappa shape index (κ3) is 35.1. The van der Waals surface area contributed by atoms with Crippen LogP contribution in [0.4, 0.5) is 0 Å². The van der Waals surface area contributed by atoms with Crippen LogP contribution < -0.4 is 12.4 Å². The van der Waals surface area contributed by atoms with Gasteiger partial charge in [-0.2, -0.15) is 12.6 Å². The van der Waals surface area contributed by atoms with Gasteiger partial charge in [-0.15, -0.1) is 0 Å². The lowest BCUT2D eigenvalue weighted by Crippen LogP contribution is -3.00. The third-order valence-electron chi connectivity index (χ3n) is 9.74. The largest absolute Gasteiger partial charge is 1.00 e. The van der Waals surface area contributed by atoms with Gasteiger partial charge in [0.15, 0.2) is 0 Å². The first-order chi connectivity index (χ1) is 20.2. The molecule has 0 saturated carbocycles. The fourth-order valence-electron chi connectivity index (χ4n) is 6.66. The average Bonchev–Trinajstić information content (AvgIpc) is 2.97. The lowest BCUT2D eigenvalue weighted by Gasteiger charge is -2.34. The summed E-state index contributed by atoms with van der Waals surface area (Å²) in [7, 11) is 2.51. The van der Waals surface area contributed by atoms with E-state index in [1.165, 1.54) is 230 Å². The molecule has 0 aromatic heterocycles. The van der Waals surface area contributed by atoms with Crippen LogP contribution in [0.1, 0.15) is 219 Å². The first-order valence-electron chi connectivity index (χ1n) is 19.6. The van der Waals surface area contributed by atoms with Crippen molar-refractivity contribution < 1.29 is 16.9 Å². The summed E-state index contributed by atoms with van der Waals surface area (Å²) in [5.74, 6) is 1.04. The lowest BCUT2D eigenvalue weighted by molar-refractivity contribution is -0.907. The molecule has 0 radical (unpaired) electrons. The number of quaternary nitrogens is 1. The van der Waals surface area contributed by atoms with Crippen LogP contribution in [-0.4, -0.2) is 36.9 Å². The molecule has 0 aromatic rings. The Kier molecular flexibility index (Phi) is 40.2. The van der Waals surface area contributed by atoms with Gasteiger partial charge < -0.3 is 16.9 Å². The van der Waals surface area contributed by atoms with Gasteiger partial charge in [-0.05, 0) is 25.7 Å². The molecular formula is C39H82ClNS. The Morgan fingerprint density at radius 2 is 0.500 bits per heavy atom. The zero-order valence-corrected chi connectivity index (χ0v) is 31.4. The summed E-state index contributed by atoms with van der Waals surface area (Å²) in [6.45, 7) is 8.61. The summed E-state index contributed by atoms with van der Waals surface area (Å²) >= 11 is 4.61. The zero-order valence-electron chi connectivity index (χ0n) is 29.7. The van der Waals surface area contributed by atoms with Gasteiger partial charge in [-0.3, -0.25) is 0 Å². The topological polar surface area (TPSA) is 0 Å². The highest BCUT2D eigenvalue weighted by Gasteiger charge is 2.19. The molecule has 3 heteroatoms. The van der Waals surface area contributed by atoms with Crippen LogP contribution in [0.5, 0.6) is 0 Å². The summed E-state index contributed by atoms with van der Waals surface area (Å²) in [6, 6.07) is 0. The quantitative estimate of drug-likeness (QED) is 0.0397. The number of hydrogen-bond donors (Lipinski definition) is 1. The van der Waals surface area contributed by atoms with E-state index in [1.807, 2.05) is 0 Å². The summed E-state index contributed by atoms with van der Waals surface area (Å²) in [5, 5.41) is 0. The van der Waals surface area contributed by atoms with Crippen molar-refractivity contribution in [3.05, 3.63) is 0 Å². The van der Waals surface area contributed by atoms with Crippen LogP contribution >= 0.6 is 12.6 Å². The normalized spacial score (nSPS) is 11.7. The van der Waals surface area contributed by atoms with E-state index in [1.54, 1.807) is 0 Å². The molecule has 0 N–H and O–H groups in total. The van der Waals surface area contributed by atoms with E-state index in [9.17, 15) is 0 Å².